The average Bonchev–Trinajstić information content (AvgIpc) is 2.58. The van der Waals surface area contributed by atoms with Crippen molar-refractivity contribution in [3.63, 3.8) is 0 Å². The Balaban J connectivity index is 2.46. The predicted octanol–water partition coefficient (Wildman–Crippen LogP) is 1.27. The van der Waals surface area contributed by atoms with Crippen LogP contribution in [-0.4, -0.2) is 15.0 Å². The first-order valence-corrected chi connectivity index (χ1v) is 3.29. The molecule has 1 radical (unpaired) electrons. The summed E-state index contributed by atoms with van der Waals surface area (Å²) in [5, 5.41) is 0. The highest BCUT2D eigenvalue weighted by Gasteiger charge is 1.97. The minimum absolute atomic E-state index is 0.755. The van der Waals surface area contributed by atoms with E-state index in [-0.39, 0.29) is 0 Å². The number of rotatable bonds is 1. The predicted molar refractivity (Wildman–Crippen MR) is 40.7 cm³/mol. The van der Waals surface area contributed by atoms with Crippen LogP contribution in [0.25, 0.3) is 11.4 Å². The molecule has 0 fully saturated rings. The monoisotopic (exact) mass is 144 g/mol. The van der Waals surface area contributed by atoms with Crippen LogP contribution in [0.3, 0.4) is 0 Å². The van der Waals surface area contributed by atoms with Gasteiger partial charge < -0.3 is 4.98 Å². The van der Waals surface area contributed by atoms with Crippen molar-refractivity contribution < 1.29 is 0 Å². The van der Waals surface area contributed by atoms with E-state index in [1.54, 1.807) is 12.5 Å². The molecule has 2 rings (SSSR count). The highest BCUT2D eigenvalue weighted by molar-refractivity contribution is 5.50. The van der Waals surface area contributed by atoms with Crippen molar-refractivity contribution >= 4 is 0 Å². The molecule has 53 valence electrons. The summed E-state index contributed by atoms with van der Waals surface area (Å²) in [6.45, 7) is 0. The maximum Gasteiger partial charge on any atom is 0.116 e. The molecular weight excluding hydrogens is 138 g/mol. The van der Waals surface area contributed by atoms with Crippen LogP contribution < -0.4 is 0 Å². The lowest BCUT2D eigenvalue weighted by atomic mass is 10.3. The van der Waals surface area contributed by atoms with Gasteiger partial charge in [0.25, 0.3) is 0 Å². The van der Waals surface area contributed by atoms with Gasteiger partial charge in [-0.2, -0.15) is 0 Å². The van der Waals surface area contributed by atoms with E-state index >= 15 is 0 Å². The topological polar surface area (TPSA) is 41.6 Å². The molecule has 0 atom stereocenters. The largest absolute Gasteiger partial charge is 0.343 e. The van der Waals surface area contributed by atoms with Crippen molar-refractivity contribution in [3.8, 4) is 11.4 Å². The summed E-state index contributed by atoms with van der Waals surface area (Å²) in [6, 6.07) is 5.69. The number of nitrogens with one attached hydrogen (secondary N) is 1. The van der Waals surface area contributed by atoms with Crippen molar-refractivity contribution in [1.29, 1.82) is 0 Å². The molecule has 0 saturated carbocycles. The zero-order valence-electron chi connectivity index (χ0n) is 5.78. The molecule has 11 heavy (non-hydrogen) atoms. The van der Waals surface area contributed by atoms with Crippen molar-refractivity contribution in [2.75, 3.05) is 0 Å². The van der Waals surface area contributed by atoms with E-state index < -0.39 is 0 Å². The maximum atomic E-state index is 4.11. The molecule has 0 aromatic carbocycles. The van der Waals surface area contributed by atoms with Crippen LogP contribution in [0, 0.1) is 6.20 Å². The molecule has 0 unspecified atom stereocenters. The highest BCUT2D eigenvalue weighted by Crippen LogP contribution is 2.09. The zero-order valence-corrected chi connectivity index (χ0v) is 5.78. The summed E-state index contributed by atoms with van der Waals surface area (Å²) < 4.78 is 0. The second-order valence-corrected chi connectivity index (χ2v) is 2.09. The summed E-state index contributed by atoms with van der Waals surface area (Å²) in [7, 11) is 0. The molecule has 0 spiro atoms. The number of nitrogens with zero attached hydrogens (tertiary/aromatic N) is 2. The molecule has 0 aliphatic heterocycles. The maximum absolute atomic E-state index is 4.11. The van der Waals surface area contributed by atoms with Gasteiger partial charge in [-0.25, -0.2) is 4.98 Å². The third-order valence-corrected chi connectivity index (χ3v) is 1.36. The molecule has 0 aliphatic rings. The number of imidazole rings is 1. The summed E-state index contributed by atoms with van der Waals surface area (Å²) in [6.07, 6.45) is 6.18. The second kappa shape index (κ2) is 2.54. The van der Waals surface area contributed by atoms with E-state index in [0.29, 0.717) is 0 Å². The van der Waals surface area contributed by atoms with Gasteiger partial charge in [-0.15, -0.1) is 0 Å². The molecule has 2 aromatic rings. The summed E-state index contributed by atoms with van der Waals surface area (Å²) in [5.74, 6) is 0. The zero-order chi connectivity index (χ0) is 7.52. The lowest BCUT2D eigenvalue weighted by molar-refractivity contribution is 1.27. The molecule has 3 nitrogen and oxygen atoms in total. The van der Waals surface area contributed by atoms with Gasteiger partial charge in [-0.1, -0.05) is 6.07 Å². The van der Waals surface area contributed by atoms with Crippen LogP contribution in [0.2, 0.25) is 0 Å². The summed E-state index contributed by atoms with van der Waals surface area (Å²) in [4.78, 5) is 10.9. The second-order valence-electron chi connectivity index (χ2n) is 2.09. The van der Waals surface area contributed by atoms with Crippen LogP contribution in [-0.2, 0) is 0 Å². The smallest absolute Gasteiger partial charge is 0.116 e. The number of H-pyrrole nitrogens is 1. The molecule has 3 heteroatoms. The number of aromatic amines is 1. The number of pyridine rings is 1. The Hall–Kier alpha value is -1.64. The van der Waals surface area contributed by atoms with Gasteiger partial charge in [-0.05, 0) is 12.1 Å². The van der Waals surface area contributed by atoms with E-state index in [2.05, 4.69) is 21.1 Å². The van der Waals surface area contributed by atoms with Gasteiger partial charge in [0, 0.05) is 6.20 Å². The Morgan fingerprint density at radius 3 is 2.91 bits per heavy atom. The first-order valence-electron chi connectivity index (χ1n) is 3.29. The normalized spacial score (nSPS) is 9.82. The molecule has 0 bridgehead atoms. The van der Waals surface area contributed by atoms with E-state index in [9.17, 15) is 0 Å². The molecule has 0 aliphatic carbocycles. The fourth-order valence-electron chi connectivity index (χ4n) is 0.863. The summed E-state index contributed by atoms with van der Waals surface area (Å²) in [5.41, 5.74) is 1.60. The fraction of sp³-hybridized carbons (Fsp3) is 0. The third kappa shape index (κ3) is 1.12. The molecule has 0 amide bonds. The van der Waals surface area contributed by atoms with Gasteiger partial charge in [-0.3, -0.25) is 4.98 Å². The lowest BCUT2D eigenvalue weighted by Crippen LogP contribution is -1.79. The van der Waals surface area contributed by atoms with Gasteiger partial charge in [0.15, 0.2) is 0 Å². The first kappa shape index (κ1) is 6.09. The number of hydrogen-bond donors (Lipinski definition) is 1. The number of hydrogen-bond acceptors (Lipinski definition) is 2. The van der Waals surface area contributed by atoms with Gasteiger partial charge in [0.1, 0.15) is 5.69 Å². The minimum Gasteiger partial charge on any atom is -0.343 e. The Kier molecular flexibility index (Phi) is 1.41. The Morgan fingerprint density at radius 2 is 2.27 bits per heavy atom. The van der Waals surface area contributed by atoms with E-state index in [0.717, 1.165) is 11.4 Å². The first-order chi connectivity index (χ1) is 5.47. The van der Waals surface area contributed by atoms with Gasteiger partial charge in [0.2, 0.25) is 0 Å². The third-order valence-electron chi connectivity index (χ3n) is 1.36. The van der Waals surface area contributed by atoms with Crippen LogP contribution in [0.5, 0.6) is 0 Å². The van der Waals surface area contributed by atoms with Crippen molar-refractivity contribution in [1.82, 2.24) is 15.0 Å². The quantitative estimate of drug-likeness (QED) is 0.654. The minimum atomic E-state index is 0.755. The molecule has 2 heterocycles. The Bertz CT molecular complexity index is 312. The SMILES string of the molecule is [c]1[nH]cnc1-c1ccccn1. The Morgan fingerprint density at radius 1 is 1.27 bits per heavy atom. The standard InChI is InChI=1S/C8H6N3/c1-2-4-10-7(3-1)8-5-9-6-11-8/h1-4,6H,(H,9,11). The molecule has 1 N–H and O–H groups in total. The lowest BCUT2D eigenvalue weighted by Gasteiger charge is -1.90. The van der Waals surface area contributed by atoms with Crippen molar-refractivity contribution in [2.24, 2.45) is 0 Å². The van der Waals surface area contributed by atoms with E-state index in [4.69, 9.17) is 0 Å². The van der Waals surface area contributed by atoms with Crippen LogP contribution >= 0.6 is 0 Å². The van der Waals surface area contributed by atoms with Crippen molar-refractivity contribution in [2.45, 2.75) is 0 Å². The highest BCUT2D eigenvalue weighted by atomic mass is 14.9. The van der Waals surface area contributed by atoms with Gasteiger partial charge in [0.05, 0.1) is 18.2 Å². The van der Waals surface area contributed by atoms with E-state index in [1.807, 2.05) is 18.2 Å². The van der Waals surface area contributed by atoms with Crippen molar-refractivity contribution in [3.05, 3.63) is 36.9 Å². The molecule has 2 aromatic heterocycles. The van der Waals surface area contributed by atoms with E-state index in [1.165, 1.54) is 0 Å². The molecule has 0 saturated heterocycles. The number of aromatic nitrogens is 3. The van der Waals surface area contributed by atoms with Crippen LogP contribution in [0.1, 0.15) is 0 Å². The summed E-state index contributed by atoms with van der Waals surface area (Å²) >= 11 is 0. The Labute approximate surface area is 64.1 Å². The van der Waals surface area contributed by atoms with Gasteiger partial charge >= 0.3 is 0 Å². The average molecular weight is 144 g/mol. The fourth-order valence-corrected chi connectivity index (χ4v) is 0.863. The van der Waals surface area contributed by atoms with Crippen LogP contribution in [0.15, 0.2) is 30.7 Å². The van der Waals surface area contributed by atoms with Crippen LogP contribution in [0.4, 0.5) is 0 Å². The molecular formula is C8H6N3.